The zero-order valence-electron chi connectivity index (χ0n) is 8.32. The van der Waals surface area contributed by atoms with E-state index in [2.05, 4.69) is 0 Å². The van der Waals surface area contributed by atoms with Gasteiger partial charge in [0, 0.05) is 5.56 Å². The van der Waals surface area contributed by atoms with Gasteiger partial charge in [-0.3, -0.25) is 4.79 Å². The van der Waals surface area contributed by atoms with Crippen molar-refractivity contribution in [2.24, 2.45) is 0 Å². The molecule has 0 amide bonds. The van der Waals surface area contributed by atoms with E-state index in [0.717, 1.165) is 36.8 Å². The summed E-state index contributed by atoms with van der Waals surface area (Å²) < 4.78 is 0. The maximum absolute atomic E-state index is 11.4. The third-order valence-electron chi connectivity index (χ3n) is 2.83. The van der Waals surface area contributed by atoms with Crippen LogP contribution in [0.3, 0.4) is 0 Å². The highest BCUT2D eigenvalue weighted by atomic mass is 16.4. The predicted octanol–water partition coefficient (Wildman–Crippen LogP) is 1.83. The second kappa shape index (κ2) is 3.85. The zero-order valence-corrected chi connectivity index (χ0v) is 8.32. The Morgan fingerprint density at radius 2 is 1.87 bits per heavy atom. The Morgan fingerprint density at radius 1 is 1.13 bits per heavy atom. The van der Waals surface area contributed by atoms with Crippen LogP contribution in [0.25, 0.3) is 0 Å². The Labute approximate surface area is 87.7 Å². The van der Waals surface area contributed by atoms with Gasteiger partial charge in [-0.1, -0.05) is 18.2 Å². The molecule has 0 radical (unpaired) electrons. The predicted molar refractivity (Wildman–Crippen MR) is 55.1 cm³/mol. The maximum Gasteiger partial charge on any atom is 0.377 e. The van der Waals surface area contributed by atoms with E-state index in [4.69, 9.17) is 5.11 Å². The van der Waals surface area contributed by atoms with E-state index < -0.39 is 11.8 Å². The summed E-state index contributed by atoms with van der Waals surface area (Å²) in [6.07, 6.45) is 3.94. The first-order chi connectivity index (χ1) is 7.20. The van der Waals surface area contributed by atoms with Crippen LogP contribution in [-0.2, 0) is 17.6 Å². The van der Waals surface area contributed by atoms with Gasteiger partial charge in [-0.2, -0.15) is 0 Å². The molecule has 3 nitrogen and oxygen atoms in total. The van der Waals surface area contributed by atoms with Crippen molar-refractivity contribution in [2.75, 3.05) is 0 Å². The molecule has 0 bridgehead atoms. The number of fused-ring (bicyclic) bond motifs is 1. The van der Waals surface area contributed by atoms with Gasteiger partial charge >= 0.3 is 5.97 Å². The molecule has 0 unspecified atom stereocenters. The minimum Gasteiger partial charge on any atom is -0.475 e. The number of carboxylic acid groups (broad SMARTS) is 1. The highest BCUT2D eigenvalue weighted by molar-refractivity contribution is 6.40. The highest BCUT2D eigenvalue weighted by Gasteiger charge is 2.21. The molecule has 0 saturated carbocycles. The monoisotopic (exact) mass is 204 g/mol. The first-order valence-corrected chi connectivity index (χ1v) is 5.08. The van der Waals surface area contributed by atoms with Gasteiger partial charge in [0.25, 0.3) is 5.78 Å². The smallest absolute Gasteiger partial charge is 0.377 e. The second-order valence-corrected chi connectivity index (χ2v) is 3.78. The number of rotatable bonds is 2. The number of hydrogen-bond donors (Lipinski definition) is 1. The molecule has 0 saturated heterocycles. The normalized spacial score (nSPS) is 14.4. The molecule has 0 aromatic heterocycles. The number of carboxylic acids is 1. The first kappa shape index (κ1) is 9.90. The van der Waals surface area contributed by atoms with Crippen LogP contribution in [-0.4, -0.2) is 16.9 Å². The van der Waals surface area contributed by atoms with Crippen molar-refractivity contribution in [1.82, 2.24) is 0 Å². The van der Waals surface area contributed by atoms with Crippen LogP contribution in [0.15, 0.2) is 18.2 Å². The molecule has 0 spiro atoms. The Balaban J connectivity index is 2.48. The lowest BCUT2D eigenvalue weighted by atomic mass is 9.87. The summed E-state index contributed by atoms with van der Waals surface area (Å²) >= 11 is 0. The Hall–Kier alpha value is -1.64. The largest absolute Gasteiger partial charge is 0.475 e. The lowest BCUT2D eigenvalue weighted by Gasteiger charge is -2.17. The molecule has 1 aromatic carbocycles. The summed E-state index contributed by atoms with van der Waals surface area (Å²) in [5.41, 5.74) is 2.45. The lowest BCUT2D eigenvalue weighted by Crippen LogP contribution is -2.17. The average molecular weight is 204 g/mol. The Bertz CT molecular complexity index is 421. The van der Waals surface area contributed by atoms with Gasteiger partial charge in [0.1, 0.15) is 0 Å². The number of ketones is 1. The van der Waals surface area contributed by atoms with E-state index in [0.29, 0.717) is 5.56 Å². The number of Topliss-reactive ketones (excluding diaryl/α,β-unsaturated/α-hetero) is 1. The van der Waals surface area contributed by atoms with Crippen LogP contribution in [0.2, 0.25) is 0 Å². The highest BCUT2D eigenvalue weighted by Crippen LogP contribution is 2.24. The van der Waals surface area contributed by atoms with E-state index in [-0.39, 0.29) is 0 Å². The molecule has 2 rings (SSSR count). The summed E-state index contributed by atoms with van der Waals surface area (Å²) in [6.45, 7) is 0. The van der Waals surface area contributed by atoms with Gasteiger partial charge in [-0.15, -0.1) is 0 Å². The molecule has 3 heteroatoms. The maximum atomic E-state index is 11.4. The van der Waals surface area contributed by atoms with Gasteiger partial charge in [0.15, 0.2) is 0 Å². The molecule has 1 N–H and O–H groups in total. The fourth-order valence-electron chi connectivity index (χ4n) is 2.11. The molecule has 0 fully saturated rings. The number of aliphatic carboxylic acids is 1. The molecule has 1 aliphatic carbocycles. The molecule has 1 aliphatic rings. The van der Waals surface area contributed by atoms with Gasteiger partial charge in [0.05, 0.1) is 0 Å². The van der Waals surface area contributed by atoms with Gasteiger partial charge in [-0.25, -0.2) is 4.79 Å². The summed E-state index contributed by atoms with van der Waals surface area (Å²) in [4.78, 5) is 22.1. The third kappa shape index (κ3) is 1.77. The van der Waals surface area contributed by atoms with Crippen molar-refractivity contribution < 1.29 is 14.7 Å². The minimum atomic E-state index is -1.37. The second-order valence-electron chi connectivity index (χ2n) is 3.78. The van der Waals surface area contributed by atoms with Crippen LogP contribution >= 0.6 is 0 Å². The van der Waals surface area contributed by atoms with Crippen LogP contribution in [0.4, 0.5) is 0 Å². The van der Waals surface area contributed by atoms with E-state index in [1.807, 2.05) is 6.07 Å². The molecule has 0 atom stereocenters. The van der Waals surface area contributed by atoms with Crippen LogP contribution < -0.4 is 0 Å². The van der Waals surface area contributed by atoms with E-state index in [1.165, 1.54) is 0 Å². The van der Waals surface area contributed by atoms with Gasteiger partial charge < -0.3 is 5.11 Å². The van der Waals surface area contributed by atoms with E-state index in [9.17, 15) is 9.59 Å². The summed E-state index contributed by atoms with van der Waals surface area (Å²) in [5, 5.41) is 8.69. The number of benzene rings is 1. The summed E-state index contributed by atoms with van der Waals surface area (Å²) in [7, 11) is 0. The fraction of sp³-hybridized carbons (Fsp3) is 0.333. The summed E-state index contributed by atoms with van der Waals surface area (Å²) in [5.74, 6) is -2.15. The first-order valence-electron chi connectivity index (χ1n) is 5.08. The molecule has 0 heterocycles. The van der Waals surface area contributed by atoms with Crippen molar-refractivity contribution in [3.63, 3.8) is 0 Å². The van der Waals surface area contributed by atoms with Crippen molar-refractivity contribution in [3.8, 4) is 0 Å². The Kier molecular flexibility index (Phi) is 2.54. The van der Waals surface area contributed by atoms with E-state index >= 15 is 0 Å². The number of hydrogen-bond acceptors (Lipinski definition) is 2. The van der Waals surface area contributed by atoms with E-state index in [1.54, 1.807) is 12.1 Å². The molecule has 78 valence electrons. The van der Waals surface area contributed by atoms with Crippen molar-refractivity contribution >= 4 is 11.8 Å². The average Bonchev–Trinajstić information content (AvgIpc) is 2.27. The van der Waals surface area contributed by atoms with Gasteiger partial charge in [-0.05, 0) is 36.8 Å². The zero-order chi connectivity index (χ0) is 10.8. The molecular formula is C12H12O3. The van der Waals surface area contributed by atoms with Crippen molar-refractivity contribution in [2.45, 2.75) is 25.7 Å². The quantitative estimate of drug-likeness (QED) is 0.590. The van der Waals surface area contributed by atoms with Crippen LogP contribution in [0.1, 0.15) is 34.3 Å². The molecule has 1 aromatic rings. The number of aryl methyl sites for hydroxylation is 1. The molecule has 15 heavy (non-hydrogen) atoms. The lowest BCUT2D eigenvalue weighted by molar-refractivity contribution is -0.131. The van der Waals surface area contributed by atoms with Crippen molar-refractivity contribution in [3.05, 3.63) is 34.9 Å². The number of carbonyl (C=O) groups is 2. The minimum absolute atomic E-state index is 0.375. The summed E-state index contributed by atoms with van der Waals surface area (Å²) in [6, 6.07) is 5.36. The SMILES string of the molecule is O=C(O)C(=O)c1cccc2c1CCCC2. The molecular weight excluding hydrogens is 192 g/mol. The fourth-order valence-corrected chi connectivity index (χ4v) is 2.11. The van der Waals surface area contributed by atoms with Gasteiger partial charge in [0.2, 0.25) is 0 Å². The third-order valence-corrected chi connectivity index (χ3v) is 2.83. The molecule has 0 aliphatic heterocycles. The van der Waals surface area contributed by atoms with Crippen LogP contribution in [0, 0.1) is 0 Å². The van der Waals surface area contributed by atoms with Crippen molar-refractivity contribution in [1.29, 1.82) is 0 Å². The topological polar surface area (TPSA) is 54.4 Å². The number of carbonyl (C=O) groups excluding carboxylic acids is 1. The Morgan fingerprint density at radius 3 is 2.60 bits per heavy atom. The standard InChI is InChI=1S/C12H12O3/c13-11(12(14)15)10-7-3-5-8-4-1-2-6-9(8)10/h3,5,7H,1-2,4,6H2,(H,14,15). The van der Waals surface area contributed by atoms with Crippen LogP contribution in [0.5, 0.6) is 0 Å².